The van der Waals surface area contributed by atoms with Gasteiger partial charge in [-0.1, -0.05) is 37.5 Å². The number of benzene rings is 1. The Morgan fingerprint density at radius 2 is 1.76 bits per heavy atom. The standard InChI is InChI=1S/C18H24N2O/c21-18-10-4-2-1-3-7-13-20-14-15(11-12-19-18)16-8-5-6-9-17(16)20/h5-6,8-9,14H,1-4,7,10-13H2,(H,19,21). The van der Waals surface area contributed by atoms with E-state index in [-0.39, 0.29) is 5.91 Å². The van der Waals surface area contributed by atoms with Crippen molar-refractivity contribution < 1.29 is 4.79 Å². The summed E-state index contributed by atoms with van der Waals surface area (Å²) < 4.78 is 2.39. The quantitative estimate of drug-likeness (QED) is 0.787. The number of hydrogen-bond donors (Lipinski definition) is 1. The van der Waals surface area contributed by atoms with Crippen LogP contribution in [0.25, 0.3) is 10.9 Å². The van der Waals surface area contributed by atoms with E-state index < -0.39 is 0 Å². The first kappa shape index (κ1) is 14.2. The largest absolute Gasteiger partial charge is 0.356 e. The monoisotopic (exact) mass is 284 g/mol. The summed E-state index contributed by atoms with van der Waals surface area (Å²) in [5, 5.41) is 4.39. The number of carbonyl (C=O) groups excluding carboxylic acids is 1. The third-order valence-electron chi connectivity index (χ3n) is 4.39. The highest BCUT2D eigenvalue weighted by molar-refractivity contribution is 5.84. The maximum atomic E-state index is 11.8. The van der Waals surface area contributed by atoms with Gasteiger partial charge < -0.3 is 9.88 Å². The van der Waals surface area contributed by atoms with Crippen molar-refractivity contribution in [2.24, 2.45) is 0 Å². The van der Waals surface area contributed by atoms with Gasteiger partial charge in [-0.05, 0) is 30.9 Å². The highest BCUT2D eigenvalue weighted by atomic mass is 16.1. The van der Waals surface area contributed by atoms with Crippen LogP contribution in [-0.2, 0) is 17.8 Å². The Kier molecular flexibility index (Phi) is 4.59. The summed E-state index contributed by atoms with van der Waals surface area (Å²) >= 11 is 0. The molecule has 0 saturated heterocycles. The van der Waals surface area contributed by atoms with Gasteiger partial charge in [0, 0.05) is 36.6 Å². The maximum Gasteiger partial charge on any atom is 0.220 e. The number of carbonyl (C=O) groups is 1. The maximum absolute atomic E-state index is 11.8. The van der Waals surface area contributed by atoms with Crippen molar-refractivity contribution in [1.29, 1.82) is 0 Å². The number of nitrogens with zero attached hydrogens (tertiary/aromatic N) is 1. The second-order valence-electron chi connectivity index (χ2n) is 5.98. The molecular formula is C18H24N2O. The van der Waals surface area contributed by atoms with Crippen molar-refractivity contribution in [2.45, 2.75) is 51.5 Å². The predicted molar refractivity (Wildman–Crippen MR) is 86.4 cm³/mol. The summed E-state index contributed by atoms with van der Waals surface area (Å²) in [4.78, 5) is 11.8. The number of amides is 1. The van der Waals surface area contributed by atoms with E-state index in [0.717, 1.165) is 25.9 Å². The van der Waals surface area contributed by atoms with Crippen LogP contribution in [0, 0.1) is 0 Å². The molecule has 0 spiro atoms. The first-order valence-electron chi connectivity index (χ1n) is 8.18. The zero-order chi connectivity index (χ0) is 14.5. The zero-order valence-corrected chi connectivity index (χ0v) is 12.6. The SMILES string of the molecule is O=C1CCCCCCCn2cc(c3ccccc32)CCN1. The molecule has 0 unspecified atom stereocenters. The minimum absolute atomic E-state index is 0.204. The predicted octanol–water partition coefficient (Wildman–Crippen LogP) is 3.65. The number of aromatic nitrogens is 1. The van der Waals surface area contributed by atoms with E-state index in [1.165, 1.54) is 42.1 Å². The Hall–Kier alpha value is -1.77. The normalized spacial score (nSPS) is 18.2. The van der Waals surface area contributed by atoms with Gasteiger partial charge in [0.15, 0.2) is 0 Å². The lowest BCUT2D eigenvalue weighted by atomic mass is 10.1. The number of hydrogen-bond acceptors (Lipinski definition) is 1. The number of fused-ring (bicyclic) bond motifs is 5. The van der Waals surface area contributed by atoms with Gasteiger partial charge in [0.1, 0.15) is 0 Å². The molecule has 0 atom stereocenters. The summed E-state index contributed by atoms with van der Waals surface area (Å²) in [5.41, 5.74) is 2.68. The molecule has 1 aromatic carbocycles. The Morgan fingerprint density at radius 3 is 2.71 bits per heavy atom. The summed E-state index contributed by atoms with van der Waals surface area (Å²) in [7, 11) is 0. The minimum Gasteiger partial charge on any atom is -0.356 e. The van der Waals surface area contributed by atoms with Gasteiger partial charge in [-0.25, -0.2) is 0 Å². The molecule has 3 rings (SSSR count). The first-order chi connectivity index (χ1) is 10.3. The Balaban J connectivity index is 1.83. The second kappa shape index (κ2) is 6.79. The van der Waals surface area contributed by atoms with Crippen LogP contribution in [-0.4, -0.2) is 17.0 Å². The Bertz CT molecular complexity index is 615. The molecule has 21 heavy (non-hydrogen) atoms. The van der Waals surface area contributed by atoms with Crippen molar-refractivity contribution in [3.63, 3.8) is 0 Å². The zero-order valence-electron chi connectivity index (χ0n) is 12.6. The van der Waals surface area contributed by atoms with Gasteiger partial charge in [0.2, 0.25) is 5.91 Å². The van der Waals surface area contributed by atoms with Crippen LogP contribution in [0.5, 0.6) is 0 Å². The van der Waals surface area contributed by atoms with Crippen LogP contribution in [0.1, 0.15) is 44.1 Å². The van der Waals surface area contributed by atoms with E-state index >= 15 is 0 Å². The average Bonchev–Trinajstić information content (AvgIpc) is 2.84. The van der Waals surface area contributed by atoms with Crippen molar-refractivity contribution >= 4 is 16.8 Å². The average molecular weight is 284 g/mol. The van der Waals surface area contributed by atoms with E-state index in [9.17, 15) is 4.79 Å². The first-order valence-corrected chi connectivity index (χ1v) is 8.18. The highest BCUT2D eigenvalue weighted by Crippen LogP contribution is 2.22. The topological polar surface area (TPSA) is 34.0 Å². The Labute approximate surface area is 126 Å². The molecule has 2 aromatic rings. The number of aryl methyl sites for hydroxylation is 1. The number of nitrogens with one attached hydrogen (secondary N) is 1. The lowest BCUT2D eigenvalue weighted by molar-refractivity contribution is -0.121. The van der Waals surface area contributed by atoms with Crippen LogP contribution < -0.4 is 5.32 Å². The van der Waals surface area contributed by atoms with E-state index in [2.05, 4.69) is 40.3 Å². The third-order valence-corrected chi connectivity index (χ3v) is 4.39. The molecule has 0 aliphatic carbocycles. The van der Waals surface area contributed by atoms with Gasteiger partial charge in [0.25, 0.3) is 0 Å². The molecule has 2 heterocycles. The Morgan fingerprint density at radius 1 is 0.952 bits per heavy atom. The van der Waals surface area contributed by atoms with Gasteiger partial charge in [-0.3, -0.25) is 4.79 Å². The molecule has 1 aliphatic heterocycles. The molecule has 112 valence electrons. The molecule has 0 fully saturated rings. The van der Waals surface area contributed by atoms with Gasteiger partial charge >= 0.3 is 0 Å². The van der Waals surface area contributed by atoms with Gasteiger partial charge in [-0.15, -0.1) is 0 Å². The molecule has 0 radical (unpaired) electrons. The molecule has 3 nitrogen and oxygen atoms in total. The van der Waals surface area contributed by atoms with Gasteiger partial charge in [-0.2, -0.15) is 0 Å². The van der Waals surface area contributed by atoms with E-state index in [1.807, 2.05) is 0 Å². The third kappa shape index (κ3) is 3.46. The molecule has 1 aromatic heterocycles. The van der Waals surface area contributed by atoms with Crippen LogP contribution in [0.3, 0.4) is 0 Å². The van der Waals surface area contributed by atoms with Crippen molar-refractivity contribution in [2.75, 3.05) is 6.54 Å². The molecule has 3 heteroatoms. The minimum atomic E-state index is 0.204. The molecule has 1 aliphatic rings. The summed E-state index contributed by atoms with van der Waals surface area (Å²) in [6, 6.07) is 8.61. The van der Waals surface area contributed by atoms with Crippen LogP contribution in [0.2, 0.25) is 0 Å². The van der Waals surface area contributed by atoms with E-state index in [1.54, 1.807) is 0 Å². The molecule has 2 bridgehead atoms. The van der Waals surface area contributed by atoms with Crippen molar-refractivity contribution in [3.05, 3.63) is 36.0 Å². The van der Waals surface area contributed by atoms with Crippen molar-refractivity contribution in [3.8, 4) is 0 Å². The van der Waals surface area contributed by atoms with Crippen LogP contribution in [0.4, 0.5) is 0 Å². The lowest BCUT2D eigenvalue weighted by Gasteiger charge is -2.07. The fourth-order valence-electron chi connectivity index (χ4n) is 3.23. The van der Waals surface area contributed by atoms with Crippen LogP contribution >= 0.6 is 0 Å². The molecular weight excluding hydrogens is 260 g/mol. The van der Waals surface area contributed by atoms with Crippen LogP contribution in [0.15, 0.2) is 30.5 Å². The molecule has 1 N–H and O–H groups in total. The molecule has 0 saturated carbocycles. The number of para-hydroxylation sites is 1. The van der Waals surface area contributed by atoms with Gasteiger partial charge in [0.05, 0.1) is 0 Å². The van der Waals surface area contributed by atoms with Crippen molar-refractivity contribution in [1.82, 2.24) is 9.88 Å². The summed E-state index contributed by atoms with van der Waals surface area (Å²) in [6.45, 7) is 1.85. The summed E-state index contributed by atoms with van der Waals surface area (Å²) in [5.74, 6) is 0.204. The number of rotatable bonds is 0. The smallest absolute Gasteiger partial charge is 0.220 e. The fraction of sp³-hybridized carbons (Fsp3) is 0.500. The van der Waals surface area contributed by atoms with E-state index in [0.29, 0.717) is 6.42 Å². The second-order valence-corrected chi connectivity index (χ2v) is 5.98. The van der Waals surface area contributed by atoms with E-state index in [4.69, 9.17) is 0 Å². The molecule has 1 amide bonds. The lowest BCUT2D eigenvalue weighted by Crippen LogP contribution is -2.25. The highest BCUT2D eigenvalue weighted by Gasteiger charge is 2.09. The summed E-state index contributed by atoms with van der Waals surface area (Å²) in [6.07, 6.45) is 9.79. The fourth-order valence-corrected chi connectivity index (χ4v) is 3.23.